The lowest BCUT2D eigenvalue weighted by molar-refractivity contribution is -0.143. The fourth-order valence-corrected chi connectivity index (χ4v) is 2.41. The van der Waals surface area contributed by atoms with Crippen LogP contribution in [0.3, 0.4) is 0 Å². The van der Waals surface area contributed by atoms with Crippen molar-refractivity contribution in [1.82, 2.24) is 10.3 Å². The lowest BCUT2D eigenvalue weighted by atomic mass is 10.1. The summed E-state index contributed by atoms with van der Waals surface area (Å²) in [5.41, 5.74) is -2.89. The molecule has 1 aromatic heterocycles. The van der Waals surface area contributed by atoms with Gasteiger partial charge in [-0.1, -0.05) is 0 Å². The Morgan fingerprint density at radius 1 is 1.21 bits per heavy atom. The minimum Gasteiger partial charge on any atom is -0.373 e. The number of nitrogens with zero attached hydrogens (tertiary/aromatic N) is 1. The van der Waals surface area contributed by atoms with Gasteiger partial charge in [0.15, 0.2) is 0 Å². The van der Waals surface area contributed by atoms with Gasteiger partial charge in [0, 0.05) is 19.3 Å². The van der Waals surface area contributed by atoms with E-state index in [4.69, 9.17) is 4.74 Å². The Kier molecular flexibility index (Phi) is 5.28. The molecular formula is C14H17F6N3O. The standard InChI is InChI=1S/C14H17F6N3O/c1-7-4-21-11(8(2)24-7)6-23-12-10(14(18,19)20)3-9(5-22-12)13(15,16)17/h3,5,7-8,11,21H,4,6H2,1-2H3,(H,22,23)/t7-,8+,11-/m1/s1. The molecule has 2 rings (SSSR count). The van der Waals surface area contributed by atoms with Crippen LogP contribution in [0.1, 0.15) is 25.0 Å². The Hall–Kier alpha value is -1.55. The van der Waals surface area contributed by atoms with Crippen LogP contribution in [0.2, 0.25) is 0 Å². The first-order valence-corrected chi connectivity index (χ1v) is 7.25. The summed E-state index contributed by atoms with van der Waals surface area (Å²) < 4.78 is 82.4. The lowest BCUT2D eigenvalue weighted by Gasteiger charge is -2.34. The predicted octanol–water partition coefficient (Wildman–Crippen LogP) is 3.30. The van der Waals surface area contributed by atoms with E-state index in [0.29, 0.717) is 12.7 Å². The van der Waals surface area contributed by atoms with Crippen LogP contribution in [0.4, 0.5) is 32.2 Å². The molecule has 1 aliphatic rings. The third-order valence-electron chi connectivity index (χ3n) is 3.69. The summed E-state index contributed by atoms with van der Waals surface area (Å²) in [5.74, 6) is -0.636. The zero-order valence-electron chi connectivity index (χ0n) is 12.9. The van der Waals surface area contributed by atoms with Gasteiger partial charge in [-0.15, -0.1) is 0 Å². The number of pyridine rings is 1. The molecule has 10 heteroatoms. The Bertz CT molecular complexity index is 575. The fraction of sp³-hybridized carbons (Fsp3) is 0.643. The van der Waals surface area contributed by atoms with Crippen LogP contribution >= 0.6 is 0 Å². The molecule has 0 bridgehead atoms. The molecule has 24 heavy (non-hydrogen) atoms. The van der Waals surface area contributed by atoms with Crippen LogP contribution in [0.15, 0.2) is 12.3 Å². The number of nitrogens with one attached hydrogen (secondary N) is 2. The van der Waals surface area contributed by atoms with E-state index in [0.717, 1.165) is 0 Å². The molecule has 4 nitrogen and oxygen atoms in total. The first kappa shape index (κ1) is 18.8. The van der Waals surface area contributed by atoms with E-state index in [2.05, 4.69) is 15.6 Å². The van der Waals surface area contributed by atoms with Gasteiger partial charge in [-0.05, 0) is 19.9 Å². The molecule has 136 valence electrons. The average Bonchev–Trinajstić information content (AvgIpc) is 2.44. The summed E-state index contributed by atoms with van der Waals surface area (Å²) in [7, 11) is 0. The minimum absolute atomic E-state index is 0.0221. The second-order valence-electron chi connectivity index (χ2n) is 5.66. The zero-order chi connectivity index (χ0) is 18.1. The predicted molar refractivity (Wildman–Crippen MR) is 74.5 cm³/mol. The summed E-state index contributed by atoms with van der Waals surface area (Å²) in [4.78, 5) is 3.32. The molecule has 1 aromatic rings. The van der Waals surface area contributed by atoms with Crippen molar-refractivity contribution >= 4 is 5.82 Å². The number of hydrogen-bond donors (Lipinski definition) is 2. The van der Waals surface area contributed by atoms with E-state index in [1.54, 1.807) is 6.92 Å². The molecule has 2 N–H and O–H groups in total. The molecular weight excluding hydrogens is 340 g/mol. The third kappa shape index (κ3) is 4.50. The first-order valence-electron chi connectivity index (χ1n) is 7.25. The van der Waals surface area contributed by atoms with Crippen molar-refractivity contribution in [2.45, 2.75) is 44.4 Å². The van der Waals surface area contributed by atoms with Crippen molar-refractivity contribution < 1.29 is 31.1 Å². The minimum atomic E-state index is -4.95. The first-order chi connectivity index (χ1) is 11.0. The number of aromatic nitrogens is 1. The van der Waals surface area contributed by atoms with Gasteiger partial charge >= 0.3 is 12.4 Å². The molecule has 0 saturated carbocycles. The van der Waals surface area contributed by atoms with Crippen LogP contribution in [0.25, 0.3) is 0 Å². The van der Waals surface area contributed by atoms with Gasteiger partial charge in [-0.3, -0.25) is 0 Å². The van der Waals surface area contributed by atoms with Crippen molar-refractivity contribution in [2.75, 3.05) is 18.4 Å². The van der Waals surface area contributed by atoms with E-state index in [1.807, 2.05) is 6.92 Å². The van der Waals surface area contributed by atoms with Gasteiger partial charge < -0.3 is 15.4 Å². The highest BCUT2D eigenvalue weighted by atomic mass is 19.4. The number of alkyl halides is 6. The van der Waals surface area contributed by atoms with Gasteiger partial charge in [-0.2, -0.15) is 26.3 Å². The summed E-state index contributed by atoms with van der Waals surface area (Å²) in [5, 5.41) is 5.58. The summed E-state index contributed by atoms with van der Waals surface area (Å²) in [6.45, 7) is 4.19. The van der Waals surface area contributed by atoms with Gasteiger partial charge in [-0.25, -0.2) is 4.98 Å². The lowest BCUT2D eigenvalue weighted by Crippen LogP contribution is -2.53. The molecule has 0 spiro atoms. The summed E-state index contributed by atoms with van der Waals surface area (Å²) in [6.07, 6.45) is -9.74. The summed E-state index contributed by atoms with van der Waals surface area (Å²) >= 11 is 0. The van der Waals surface area contributed by atoms with Crippen molar-refractivity contribution in [1.29, 1.82) is 0 Å². The van der Waals surface area contributed by atoms with E-state index < -0.39 is 29.3 Å². The molecule has 2 heterocycles. The third-order valence-corrected chi connectivity index (χ3v) is 3.69. The van der Waals surface area contributed by atoms with Gasteiger partial charge in [0.2, 0.25) is 0 Å². The smallest absolute Gasteiger partial charge is 0.373 e. The van der Waals surface area contributed by atoms with Gasteiger partial charge in [0.25, 0.3) is 0 Å². The van der Waals surface area contributed by atoms with Crippen LogP contribution in [-0.4, -0.2) is 36.3 Å². The van der Waals surface area contributed by atoms with E-state index in [-0.39, 0.29) is 30.9 Å². The Morgan fingerprint density at radius 2 is 1.88 bits per heavy atom. The van der Waals surface area contributed by atoms with Crippen molar-refractivity contribution in [3.05, 3.63) is 23.4 Å². The fourth-order valence-electron chi connectivity index (χ4n) is 2.41. The SMILES string of the molecule is C[C@@H]1CN[C@H](CNc2ncc(C(F)(F)F)cc2C(F)(F)F)[C@H](C)O1. The van der Waals surface area contributed by atoms with Crippen LogP contribution < -0.4 is 10.6 Å². The Balaban J connectivity index is 2.17. The molecule has 1 aliphatic heterocycles. The highest BCUT2D eigenvalue weighted by Gasteiger charge is 2.39. The number of rotatable bonds is 3. The molecule has 0 amide bonds. The van der Waals surface area contributed by atoms with Gasteiger partial charge in [0.05, 0.1) is 29.4 Å². The summed E-state index contributed by atoms with van der Waals surface area (Å²) in [6, 6.07) is -0.225. The molecule has 0 radical (unpaired) electrons. The Labute approximate surface area is 134 Å². The van der Waals surface area contributed by atoms with Crippen molar-refractivity contribution in [3.8, 4) is 0 Å². The van der Waals surface area contributed by atoms with Crippen LogP contribution in [0.5, 0.6) is 0 Å². The van der Waals surface area contributed by atoms with Crippen LogP contribution in [-0.2, 0) is 17.1 Å². The Morgan fingerprint density at radius 3 is 2.42 bits per heavy atom. The molecule has 0 aromatic carbocycles. The van der Waals surface area contributed by atoms with Crippen LogP contribution in [0, 0.1) is 0 Å². The second-order valence-corrected chi connectivity index (χ2v) is 5.66. The van der Waals surface area contributed by atoms with E-state index in [9.17, 15) is 26.3 Å². The maximum absolute atomic E-state index is 13.0. The number of halogens is 6. The average molecular weight is 357 g/mol. The topological polar surface area (TPSA) is 46.2 Å². The van der Waals surface area contributed by atoms with E-state index >= 15 is 0 Å². The highest BCUT2D eigenvalue weighted by molar-refractivity contribution is 5.48. The van der Waals surface area contributed by atoms with Gasteiger partial charge in [0.1, 0.15) is 5.82 Å². The maximum Gasteiger partial charge on any atom is 0.419 e. The van der Waals surface area contributed by atoms with Crippen molar-refractivity contribution in [2.24, 2.45) is 0 Å². The monoisotopic (exact) mass is 357 g/mol. The zero-order valence-corrected chi connectivity index (χ0v) is 12.9. The number of anilines is 1. The largest absolute Gasteiger partial charge is 0.419 e. The molecule has 0 unspecified atom stereocenters. The molecule has 1 fully saturated rings. The quantitative estimate of drug-likeness (QED) is 0.815. The molecule has 0 aliphatic carbocycles. The van der Waals surface area contributed by atoms with Crippen molar-refractivity contribution in [3.63, 3.8) is 0 Å². The molecule has 3 atom stereocenters. The number of ether oxygens (including phenoxy) is 1. The highest BCUT2D eigenvalue weighted by Crippen LogP contribution is 2.38. The molecule has 1 saturated heterocycles. The number of morpholine rings is 1. The second kappa shape index (κ2) is 6.75. The normalized spacial score (nSPS) is 25.6. The van der Waals surface area contributed by atoms with E-state index in [1.165, 1.54) is 0 Å². The number of hydrogen-bond acceptors (Lipinski definition) is 4. The maximum atomic E-state index is 13.0.